The first-order valence-corrected chi connectivity index (χ1v) is 9.29. The van der Waals surface area contributed by atoms with Crippen molar-refractivity contribution in [1.29, 1.82) is 0 Å². The maximum absolute atomic E-state index is 12.1. The summed E-state index contributed by atoms with van der Waals surface area (Å²) >= 11 is 0. The molecule has 0 saturated carbocycles. The van der Waals surface area contributed by atoms with Gasteiger partial charge in [0.25, 0.3) is 0 Å². The Bertz CT molecular complexity index is 782. The Kier molecular flexibility index (Phi) is 6.05. The van der Waals surface area contributed by atoms with Crippen molar-refractivity contribution in [2.24, 2.45) is 16.0 Å². The van der Waals surface area contributed by atoms with Crippen LogP contribution in [0.3, 0.4) is 0 Å². The van der Waals surface area contributed by atoms with Crippen LogP contribution < -0.4 is 10.6 Å². The number of sulfone groups is 1. The molecule has 7 heteroatoms. The van der Waals surface area contributed by atoms with Crippen molar-refractivity contribution in [2.45, 2.75) is 11.3 Å². The SMILES string of the molecule is CN(C)c1ccc(N=Nc2ccc(S(=O)(=O)CCCN)cc2)cc1. The highest BCUT2D eigenvalue weighted by Gasteiger charge is 2.13. The Labute approximate surface area is 142 Å². The standard InChI is InChI=1S/C17H22N4O2S/c1-21(2)16-8-4-14(5-9-16)19-20-15-6-10-17(11-7-15)24(22,23)13-3-12-18/h4-11H,3,12-13,18H2,1-2H3. The molecule has 0 atom stereocenters. The van der Waals surface area contributed by atoms with Gasteiger partial charge >= 0.3 is 0 Å². The normalized spacial score (nSPS) is 11.8. The van der Waals surface area contributed by atoms with Gasteiger partial charge in [-0.15, -0.1) is 0 Å². The van der Waals surface area contributed by atoms with Crippen LogP contribution in [0.1, 0.15) is 6.42 Å². The zero-order chi connectivity index (χ0) is 17.6. The predicted molar refractivity (Wildman–Crippen MR) is 97.1 cm³/mol. The second-order valence-electron chi connectivity index (χ2n) is 5.57. The van der Waals surface area contributed by atoms with Gasteiger partial charge in [0.05, 0.1) is 22.0 Å². The van der Waals surface area contributed by atoms with Gasteiger partial charge < -0.3 is 10.6 Å². The summed E-state index contributed by atoms with van der Waals surface area (Å²) in [7, 11) is 0.668. The molecule has 24 heavy (non-hydrogen) atoms. The van der Waals surface area contributed by atoms with Crippen molar-refractivity contribution in [2.75, 3.05) is 31.3 Å². The van der Waals surface area contributed by atoms with E-state index < -0.39 is 9.84 Å². The first kappa shape index (κ1) is 18.1. The van der Waals surface area contributed by atoms with Crippen molar-refractivity contribution in [1.82, 2.24) is 0 Å². The molecule has 0 unspecified atom stereocenters. The molecule has 2 aromatic carbocycles. The number of nitrogens with zero attached hydrogens (tertiary/aromatic N) is 3. The minimum atomic E-state index is -3.28. The number of hydrogen-bond acceptors (Lipinski definition) is 6. The second kappa shape index (κ2) is 8.03. The first-order chi connectivity index (χ1) is 11.4. The third-order valence-electron chi connectivity index (χ3n) is 3.46. The molecule has 128 valence electrons. The number of nitrogens with two attached hydrogens (primary N) is 1. The molecule has 0 radical (unpaired) electrons. The largest absolute Gasteiger partial charge is 0.378 e. The molecule has 0 aromatic heterocycles. The minimum Gasteiger partial charge on any atom is -0.378 e. The van der Waals surface area contributed by atoms with Crippen LogP contribution in [0.5, 0.6) is 0 Å². The Morgan fingerprint density at radius 2 is 1.42 bits per heavy atom. The van der Waals surface area contributed by atoms with Gasteiger partial charge in [-0.05, 0) is 61.5 Å². The summed E-state index contributed by atoms with van der Waals surface area (Å²) in [5.41, 5.74) is 7.79. The van der Waals surface area contributed by atoms with E-state index in [1.54, 1.807) is 24.3 Å². The summed E-state index contributed by atoms with van der Waals surface area (Å²) in [6, 6.07) is 14.1. The van der Waals surface area contributed by atoms with E-state index in [1.807, 2.05) is 43.3 Å². The fourth-order valence-electron chi connectivity index (χ4n) is 2.04. The van der Waals surface area contributed by atoms with E-state index in [0.717, 1.165) is 11.4 Å². The molecule has 0 fully saturated rings. The highest BCUT2D eigenvalue weighted by atomic mass is 32.2. The molecule has 0 aliphatic carbocycles. The molecule has 2 N–H and O–H groups in total. The smallest absolute Gasteiger partial charge is 0.178 e. The van der Waals surface area contributed by atoms with Crippen LogP contribution in [0.4, 0.5) is 17.1 Å². The molecular formula is C17H22N4O2S. The van der Waals surface area contributed by atoms with E-state index in [9.17, 15) is 8.42 Å². The van der Waals surface area contributed by atoms with Crippen molar-refractivity contribution in [3.8, 4) is 0 Å². The van der Waals surface area contributed by atoms with Gasteiger partial charge in [0.1, 0.15) is 0 Å². The van der Waals surface area contributed by atoms with E-state index in [-0.39, 0.29) is 10.6 Å². The van der Waals surface area contributed by atoms with Gasteiger partial charge in [-0.25, -0.2) is 8.42 Å². The summed E-state index contributed by atoms with van der Waals surface area (Å²) in [6.45, 7) is 0.359. The van der Waals surface area contributed by atoms with Gasteiger partial charge in [0.15, 0.2) is 9.84 Å². The van der Waals surface area contributed by atoms with Crippen LogP contribution >= 0.6 is 0 Å². The zero-order valence-electron chi connectivity index (χ0n) is 13.9. The Hall–Kier alpha value is -2.25. The van der Waals surface area contributed by atoms with Crippen LogP contribution in [0.25, 0.3) is 0 Å². The van der Waals surface area contributed by atoms with E-state index in [1.165, 1.54) is 0 Å². The van der Waals surface area contributed by atoms with E-state index >= 15 is 0 Å². The summed E-state index contributed by atoms with van der Waals surface area (Å²) in [6.07, 6.45) is 0.451. The lowest BCUT2D eigenvalue weighted by Crippen LogP contribution is -2.11. The molecule has 0 spiro atoms. The van der Waals surface area contributed by atoms with Crippen LogP contribution in [-0.2, 0) is 9.84 Å². The lowest BCUT2D eigenvalue weighted by atomic mass is 10.3. The van der Waals surface area contributed by atoms with Gasteiger partial charge in [-0.1, -0.05) is 0 Å². The molecule has 0 saturated heterocycles. The molecule has 2 rings (SSSR count). The van der Waals surface area contributed by atoms with Gasteiger partial charge in [0, 0.05) is 19.8 Å². The zero-order valence-corrected chi connectivity index (χ0v) is 14.7. The summed E-state index contributed by atoms with van der Waals surface area (Å²) in [5, 5.41) is 8.29. The van der Waals surface area contributed by atoms with Crippen molar-refractivity contribution in [3.63, 3.8) is 0 Å². The van der Waals surface area contributed by atoms with Crippen LogP contribution in [0, 0.1) is 0 Å². The highest BCUT2D eigenvalue weighted by molar-refractivity contribution is 7.91. The van der Waals surface area contributed by atoms with Crippen LogP contribution in [-0.4, -0.2) is 34.8 Å². The van der Waals surface area contributed by atoms with E-state index in [2.05, 4.69) is 10.2 Å². The first-order valence-electron chi connectivity index (χ1n) is 7.64. The maximum atomic E-state index is 12.1. The third kappa shape index (κ3) is 4.87. The number of hydrogen-bond donors (Lipinski definition) is 1. The molecule has 0 bridgehead atoms. The summed E-state index contributed by atoms with van der Waals surface area (Å²) in [4.78, 5) is 2.29. The Balaban J connectivity index is 2.08. The van der Waals surface area contributed by atoms with Crippen molar-refractivity contribution < 1.29 is 8.42 Å². The third-order valence-corrected chi connectivity index (χ3v) is 5.28. The van der Waals surface area contributed by atoms with Crippen LogP contribution in [0.2, 0.25) is 0 Å². The Morgan fingerprint density at radius 1 is 0.917 bits per heavy atom. The number of benzene rings is 2. The average Bonchev–Trinajstić information content (AvgIpc) is 2.59. The van der Waals surface area contributed by atoms with Gasteiger partial charge in [-0.3, -0.25) is 0 Å². The van der Waals surface area contributed by atoms with Gasteiger partial charge in [0.2, 0.25) is 0 Å². The van der Waals surface area contributed by atoms with E-state index in [0.29, 0.717) is 18.7 Å². The fraction of sp³-hybridized carbons (Fsp3) is 0.294. The van der Waals surface area contributed by atoms with Crippen molar-refractivity contribution >= 4 is 26.9 Å². The monoisotopic (exact) mass is 346 g/mol. The lowest BCUT2D eigenvalue weighted by molar-refractivity contribution is 0.593. The topological polar surface area (TPSA) is 88.1 Å². The van der Waals surface area contributed by atoms with Crippen LogP contribution in [0.15, 0.2) is 63.7 Å². The second-order valence-corrected chi connectivity index (χ2v) is 7.67. The predicted octanol–water partition coefficient (Wildman–Crippen LogP) is 3.29. The molecule has 0 heterocycles. The highest BCUT2D eigenvalue weighted by Crippen LogP contribution is 2.22. The molecule has 6 nitrogen and oxygen atoms in total. The molecule has 2 aromatic rings. The number of azo groups is 1. The summed E-state index contributed by atoms with van der Waals surface area (Å²) < 4.78 is 24.1. The average molecular weight is 346 g/mol. The fourth-order valence-corrected chi connectivity index (χ4v) is 3.38. The summed E-state index contributed by atoms with van der Waals surface area (Å²) in [5.74, 6) is 0.0581. The minimum absolute atomic E-state index is 0.0581. The molecule has 0 aliphatic heterocycles. The number of anilines is 1. The lowest BCUT2D eigenvalue weighted by Gasteiger charge is -2.11. The molecule has 0 amide bonds. The van der Waals surface area contributed by atoms with Gasteiger partial charge in [-0.2, -0.15) is 10.2 Å². The van der Waals surface area contributed by atoms with Crippen molar-refractivity contribution in [3.05, 3.63) is 48.5 Å². The quantitative estimate of drug-likeness (QED) is 0.779. The maximum Gasteiger partial charge on any atom is 0.178 e. The Morgan fingerprint density at radius 3 is 1.88 bits per heavy atom. The number of rotatable bonds is 7. The molecule has 0 aliphatic rings. The molecular weight excluding hydrogens is 324 g/mol. The van der Waals surface area contributed by atoms with E-state index in [4.69, 9.17) is 5.73 Å².